The summed E-state index contributed by atoms with van der Waals surface area (Å²) in [6.07, 6.45) is 3.53. The van der Waals surface area contributed by atoms with Gasteiger partial charge < -0.3 is 19.9 Å². The molecule has 2 N–H and O–H groups in total. The second-order valence-electron chi connectivity index (χ2n) is 6.13. The van der Waals surface area contributed by atoms with Crippen molar-refractivity contribution in [3.05, 3.63) is 53.1 Å². The van der Waals surface area contributed by atoms with Crippen LogP contribution in [0.5, 0.6) is 0 Å². The second kappa shape index (κ2) is 7.97. The zero-order valence-electron chi connectivity index (χ0n) is 14.8. The number of nitrogens with one attached hydrogen (secondary N) is 1. The third kappa shape index (κ3) is 4.35. The summed E-state index contributed by atoms with van der Waals surface area (Å²) in [7, 11) is 1.88. The highest BCUT2D eigenvalue weighted by Crippen LogP contribution is 2.19. The van der Waals surface area contributed by atoms with E-state index in [4.69, 9.17) is 0 Å². The number of carbonyl (C=O) groups is 1. The summed E-state index contributed by atoms with van der Waals surface area (Å²) in [6.45, 7) is 6.59. The molecule has 2 amide bonds. The minimum Gasteiger partial charge on any atom is -0.395 e. The van der Waals surface area contributed by atoms with E-state index < -0.39 is 0 Å². The Hall–Kier alpha value is -2.34. The summed E-state index contributed by atoms with van der Waals surface area (Å²) in [6, 6.07) is 5.88. The van der Waals surface area contributed by atoms with E-state index in [1.165, 1.54) is 5.56 Å². The van der Waals surface area contributed by atoms with Crippen molar-refractivity contribution >= 4 is 6.03 Å². The van der Waals surface area contributed by atoms with Gasteiger partial charge in [-0.2, -0.15) is 0 Å². The number of imidazole rings is 1. The first-order valence-electron chi connectivity index (χ1n) is 8.12. The quantitative estimate of drug-likeness (QED) is 0.854. The fourth-order valence-corrected chi connectivity index (χ4v) is 2.76. The first-order chi connectivity index (χ1) is 11.4. The van der Waals surface area contributed by atoms with Crippen LogP contribution in [0.1, 0.15) is 35.5 Å². The number of aryl methyl sites for hydroxylation is 3. The Kier molecular flexibility index (Phi) is 5.98. The molecular formula is C18H26N4O2. The summed E-state index contributed by atoms with van der Waals surface area (Å²) in [5, 5.41) is 12.3. The van der Waals surface area contributed by atoms with E-state index >= 15 is 0 Å². The lowest BCUT2D eigenvalue weighted by atomic mass is 10.0. The Bertz CT molecular complexity index is 696. The summed E-state index contributed by atoms with van der Waals surface area (Å²) >= 11 is 0. The van der Waals surface area contributed by atoms with Gasteiger partial charge in [-0.25, -0.2) is 9.78 Å². The third-order valence-electron chi connectivity index (χ3n) is 4.14. The lowest BCUT2D eigenvalue weighted by Gasteiger charge is -2.25. The number of benzene rings is 1. The zero-order valence-corrected chi connectivity index (χ0v) is 14.8. The summed E-state index contributed by atoms with van der Waals surface area (Å²) in [4.78, 5) is 18.4. The van der Waals surface area contributed by atoms with Gasteiger partial charge in [-0.1, -0.05) is 23.8 Å². The second-order valence-corrected chi connectivity index (χ2v) is 6.13. The van der Waals surface area contributed by atoms with Gasteiger partial charge in [0.15, 0.2) is 0 Å². The van der Waals surface area contributed by atoms with Gasteiger partial charge in [0.05, 0.1) is 19.2 Å². The molecule has 1 atom stereocenters. The van der Waals surface area contributed by atoms with E-state index in [9.17, 15) is 9.90 Å². The first kappa shape index (κ1) is 18.0. The van der Waals surface area contributed by atoms with Gasteiger partial charge in [-0.3, -0.25) is 0 Å². The first-order valence-corrected chi connectivity index (χ1v) is 8.12. The number of nitrogens with zero attached hydrogens (tertiary/aromatic N) is 3. The normalized spacial score (nSPS) is 12.0. The van der Waals surface area contributed by atoms with E-state index in [1.54, 1.807) is 11.1 Å². The average Bonchev–Trinajstić information content (AvgIpc) is 2.91. The molecule has 0 aliphatic carbocycles. The number of aliphatic hydroxyl groups is 1. The van der Waals surface area contributed by atoms with Crippen LogP contribution in [0.3, 0.4) is 0 Å². The highest BCUT2D eigenvalue weighted by atomic mass is 16.3. The molecule has 0 saturated heterocycles. The standard InChI is InChI=1S/C18H26N4O2/c1-13-5-6-16(14(2)11-13)15(3)20-18(24)22(9-10-23)12-17-19-7-8-21(17)4/h5-8,11,15,23H,9-10,12H2,1-4H3,(H,20,24)/t15-/m1/s1. The van der Waals surface area contributed by atoms with Gasteiger partial charge in [0.25, 0.3) is 0 Å². The Balaban J connectivity index is 2.07. The molecule has 2 rings (SSSR count). The Morgan fingerprint density at radius 1 is 1.42 bits per heavy atom. The van der Waals surface area contributed by atoms with E-state index in [0.717, 1.165) is 17.0 Å². The number of amides is 2. The summed E-state index contributed by atoms with van der Waals surface area (Å²) < 4.78 is 1.87. The molecule has 0 fully saturated rings. The number of rotatable bonds is 6. The molecule has 1 aromatic carbocycles. The largest absolute Gasteiger partial charge is 0.395 e. The predicted octanol–water partition coefficient (Wildman–Crippen LogP) is 2.30. The van der Waals surface area contributed by atoms with Crippen molar-refractivity contribution in [1.82, 2.24) is 19.8 Å². The molecule has 0 saturated carbocycles. The molecule has 6 heteroatoms. The molecule has 0 aliphatic rings. The van der Waals surface area contributed by atoms with Crippen molar-refractivity contribution in [1.29, 1.82) is 0 Å². The molecule has 0 bridgehead atoms. The minimum atomic E-state index is -0.209. The molecule has 130 valence electrons. The predicted molar refractivity (Wildman–Crippen MR) is 93.6 cm³/mol. The Morgan fingerprint density at radius 3 is 2.75 bits per heavy atom. The lowest BCUT2D eigenvalue weighted by molar-refractivity contribution is 0.169. The van der Waals surface area contributed by atoms with Gasteiger partial charge >= 0.3 is 6.03 Å². The highest BCUT2D eigenvalue weighted by Gasteiger charge is 2.19. The lowest BCUT2D eigenvalue weighted by Crippen LogP contribution is -2.42. The zero-order chi connectivity index (χ0) is 17.7. The summed E-state index contributed by atoms with van der Waals surface area (Å²) in [5.41, 5.74) is 3.45. The minimum absolute atomic E-state index is 0.0875. The van der Waals surface area contributed by atoms with Gasteiger partial charge in [0.1, 0.15) is 5.82 Å². The maximum absolute atomic E-state index is 12.6. The van der Waals surface area contributed by atoms with E-state index in [-0.39, 0.29) is 25.2 Å². The molecule has 0 spiro atoms. The number of carbonyl (C=O) groups excluding carboxylic acids is 1. The van der Waals surface area contributed by atoms with E-state index in [2.05, 4.69) is 23.3 Å². The van der Waals surface area contributed by atoms with Gasteiger partial charge in [0.2, 0.25) is 0 Å². The monoisotopic (exact) mass is 330 g/mol. The van der Waals surface area contributed by atoms with Crippen molar-refractivity contribution in [2.45, 2.75) is 33.4 Å². The Morgan fingerprint density at radius 2 is 2.17 bits per heavy atom. The topological polar surface area (TPSA) is 70.4 Å². The fraction of sp³-hybridized carbons (Fsp3) is 0.444. The van der Waals surface area contributed by atoms with Crippen LogP contribution in [0.4, 0.5) is 4.79 Å². The van der Waals surface area contributed by atoms with Crippen molar-refractivity contribution < 1.29 is 9.90 Å². The molecule has 1 heterocycles. The molecular weight excluding hydrogens is 304 g/mol. The molecule has 0 radical (unpaired) electrons. The smallest absolute Gasteiger partial charge is 0.318 e. The van der Waals surface area contributed by atoms with Crippen molar-refractivity contribution in [3.63, 3.8) is 0 Å². The number of hydrogen-bond donors (Lipinski definition) is 2. The van der Waals surface area contributed by atoms with Crippen LogP contribution in [-0.2, 0) is 13.6 Å². The van der Waals surface area contributed by atoms with E-state index in [0.29, 0.717) is 6.54 Å². The van der Waals surface area contributed by atoms with Crippen LogP contribution >= 0.6 is 0 Å². The van der Waals surface area contributed by atoms with Crippen LogP contribution in [-0.4, -0.2) is 38.7 Å². The highest BCUT2D eigenvalue weighted by molar-refractivity contribution is 5.74. The number of aromatic nitrogens is 2. The third-order valence-corrected chi connectivity index (χ3v) is 4.14. The fourth-order valence-electron chi connectivity index (χ4n) is 2.76. The van der Waals surface area contributed by atoms with Crippen molar-refractivity contribution in [2.75, 3.05) is 13.2 Å². The van der Waals surface area contributed by atoms with Crippen molar-refractivity contribution in [2.24, 2.45) is 7.05 Å². The Labute approximate surface area is 143 Å². The SMILES string of the molecule is Cc1ccc([C@@H](C)NC(=O)N(CCO)Cc2nccn2C)c(C)c1. The number of hydrogen-bond acceptors (Lipinski definition) is 3. The van der Waals surface area contributed by atoms with Crippen LogP contribution in [0.2, 0.25) is 0 Å². The molecule has 1 aromatic heterocycles. The molecule has 6 nitrogen and oxygen atoms in total. The van der Waals surface area contributed by atoms with Gasteiger partial charge in [-0.15, -0.1) is 0 Å². The molecule has 24 heavy (non-hydrogen) atoms. The molecule has 0 unspecified atom stereocenters. The van der Waals surface area contributed by atoms with Crippen molar-refractivity contribution in [3.8, 4) is 0 Å². The van der Waals surface area contributed by atoms with Gasteiger partial charge in [-0.05, 0) is 31.9 Å². The average molecular weight is 330 g/mol. The number of aliphatic hydroxyl groups excluding tert-OH is 1. The summed E-state index contributed by atoms with van der Waals surface area (Å²) in [5.74, 6) is 0.776. The maximum atomic E-state index is 12.6. The van der Waals surface area contributed by atoms with Crippen LogP contribution in [0, 0.1) is 13.8 Å². The van der Waals surface area contributed by atoms with Crippen LogP contribution < -0.4 is 5.32 Å². The van der Waals surface area contributed by atoms with Gasteiger partial charge in [0, 0.05) is 26.0 Å². The number of urea groups is 1. The molecule has 0 aliphatic heterocycles. The van der Waals surface area contributed by atoms with Crippen LogP contribution in [0.15, 0.2) is 30.6 Å². The maximum Gasteiger partial charge on any atom is 0.318 e. The molecule has 2 aromatic rings. The van der Waals surface area contributed by atoms with E-state index in [1.807, 2.05) is 43.8 Å². The van der Waals surface area contributed by atoms with Crippen LogP contribution in [0.25, 0.3) is 0 Å².